The first kappa shape index (κ1) is 17.1. The van der Waals surface area contributed by atoms with Crippen molar-refractivity contribution in [1.29, 1.82) is 0 Å². The number of aromatic nitrogens is 4. The summed E-state index contributed by atoms with van der Waals surface area (Å²) < 4.78 is 16.7. The first-order valence-electron chi connectivity index (χ1n) is 9.42. The van der Waals surface area contributed by atoms with E-state index in [2.05, 4.69) is 15.1 Å². The maximum atomic E-state index is 13.2. The standard InChI is InChI=1S/C21H20FN5O/c1-25-20(28)17-4-2-3-5-18(17)27-19(23-24-21(25)27)13-26(16-10-11-16)12-14-6-8-15(22)9-7-14/h2-9,16H,10-13H2,1H3. The quantitative estimate of drug-likeness (QED) is 0.537. The predicted octanol–water partition coefficient (Wildman–Crippen LogP) is 2.88. The predicted molar refractivity (Wildman–Crippen MR) is 104 cm³/mol. The highest BCUT2D eigenvalue weighted by Gasteiger charge is 2.30. The van der Waals surface area contributed by atoms with Crippen molar-refractivity contribution in [2.75, 3.05) is 0 Å². The summed E-state index contributed by atoms with van der Waals surface area (Å²) in [6.45, 7) is 1.34. The van der Waals surface area contributed by atoms with Gasteiger partial charge in [-0.05, 0) is 42.7 Å². The fraction of sp³-hybridized carbons (Fsp3) is 0.286. The van der Waals surface area contributed by atoms with E-state index in [1.807, 2.05) is 40.8 Å². The van der Waals surface area contributed by atoms with Crippen molar-refractivity contribution in [1.82, 2.24) is 24.1 Å². The normalized spacial score (nSPS) is 14.4. The third-order valence-corrected chi connectivity index (χ3v) is 5.40. The van der Waals surface area contributed by atoms with Gasteiger partial charge >= 0.3 is 0 Å². The van der Waals surface area contributed by atoms with Crippen molar-refractivity contribution in [2.24, 2.45) is 7.05 Å². The van der Waals surface area contributed by atoms with Gasteiger partial charge in [-0.2, -0.15) is 0 Å². The molecule has 2 heterocycles. The third-order valence-electron chi connectivity index (χ3n) is 5.40. The minimum Gasteiger partial charge on any atom is -0.289 e. The Kier molecular flexibility index (Phi) is 3.98. The molecule has 0 N–H and O–H groups in total. The van der Waals surface area contributed by atoms with Gasteiger partial charge in [-0.25, -0.2) is 4.39 Å². The lowest BCUT2D eigenvalue weighted by Gasteiger charge is -2.21. The summed E-state index contributed by atoms with van der Waals surface area (Å²) in [7, 11) is 1.72. The van der Waals surface area contributed by atoms with Crippen LogP contribution in [-0.2, 0) is 20.1 Å². The molecule has 4 aromatic rings. The molecule has 6 nitrogen and oxygen atoms in total. The Morgan fingerprint density at radius 3 is 2.57 bits per heavy atom. The molecule has 28 heavy (non-hydrogen) atoms. The van der Waals surface area contributed by atoms with Crippen LogP contribution in [-0.4, -0.2) is 30.1 Å². The number of hydrogen-bond donors (Lipinski definition) is 0. The fourth-order valence-electron chi connectivity index (χ4n) is 3.75. The van der Waals surface area contributed by atoms with Crippen LogP contribution in [0.25, 0.3) is 16.7 Å². The Bertz CT molecular complexity index is 1220. The van der Waals surface area contributed by atoms with Gasteiger partial charge in [0.25, 0.3) is 5.56 Å². The molecular formula is C21H20FN5O. The number of aryl methyl sites for hydroxylation is 1. The molecule has 0 amide bonds. The average molecular weight is 377 g/mol. The number of rotatable bonds is 5. The van der Waals surface area contributed by atoms with E-state index in [0.717, 1.165) is 36.3 Å². The van der Waals surface area contributed by atoms with Crippen LogP contribution in [0, 0.1) is 5.82 Å². The van der Waals surface area contributed by atoms with E-state index in [9.17, 15) is 9.18 Å². The maximum absolute atomic E-state index is 13.2. The molecule has 0 saturated heterocycles. The molecule has 0 radical (unpaired) electrons. The molecule has 7 heteroatoms. The summed E-state index contributed by atoms with van der Waals surface area (Å²) in [5, 5.41) is 9.33. The summed E-state index contributed by atoms with van der Waals surface area (Å²) in [6.07, 6.45) is 2.30. The zero-order chi connectivity index (χ0) is 19.3. The second-order valence-corrected chi connectivity index (χ2v) is 7.40. The number of hydrogen-bond acceptors (Lipinski definition) is 4. The lowest BCUT2D eigenvalue weighted by molar-refractivity contribution is 0.239. The number of benzene rings is 2. The zero-order valence-corrected chi connectivity index (χ0v) is 15.5. The molecule has 5 rings (SSSR count). The molecule has 0 aliphatic heterocycles. The first-order chi connectivity index (χ1) is 13.6. The van der Waals surface area contributed by atoms with Crippen LogP contribution in [0.5, 0.6) is 0 Å². The molecule has 1 aliphatic rings. The molecule has 0 bridgehead atoms. The largest absolute Gasteiger partial charge is 0.289 e. The van der Waals surface area contributed by atoms with Gasteiger partial charge in [0.05, 0.1) is 17.4 Å². The van der Waals surface area contributed by atoms with Crippen LogP contribution < -0.4 is 5.56 Å². The second-order valence-electron chi connectivity index (χ2n) is 7.40. The summed E-state index contributed by atoms with van der Waals surface area (Å²) in [6, 6.07) is 14.7. The van der Waals surface area contributed by atoms with Gasteiger partial charge in [0, 0.05) is 19.6 Å². The number of fused-ring (bicyclic) bond motifs is 3. The maximum Gasteiger partial charge on any atom is 0.262 e. The van der Waals surface area contributed by atoms with E-state index in [0.29, 0.717) is 23.8 Å². The van der Waals surface area contributed by atoms with E-state index in [1.165, 1.54) is 12.1 Å². The number of para-hydroxylation sites is 1. The van der Waals surface area contributed by atoms with Gasteiger partial charge in [0.1, 0.15) is 5.82 Å². The first-order valence-corrected chi connectivity index (χ1v) is 9.42. The fourth-order valence-corrected chi connectivity index (χ4v) is 3.75. The highest BCUT2D eigenvalue weighted by atomic mass is 19.1. The second kappa shape index (κ2) is 6.53. The van der Waals surface area contributed by atoms with Crippen LogP contribution in [0.3, 0.4) is 0 Å². The molecule has 0 atom stereocenters. The SMILES string of the molecule is Cn1c(=O)c2ccccc2n2c(CN(Cc3ccc(F)cc3)C3CC3)nnc12. The van der Waals surface area contributed by atoms with Gasteiger partial charge in [-0.15, -0.1) is 10.2 Å². The van der Waals surface area contributed by atoms with Gasteiger partial charge in [0.15, 0.2) is 5.82 Å². The minimum absolute atomic E-state index is 0.0765. The van der Waals surface area contributed by atoms with Gasteiger partial charge in [-0.1, -0.05) is 24.3 Å². The monoisotopic (exact) mass is 377 g/mol. The summed E-state index contributed by atoms with van der Waals surface area (Å²) in [4.78, 5) is 15.0. The van der Waals surface area contributed by atoms with Gasteiger partial charge in [0.2, 0.25) is 5.78 Å². The van der Waals surface area contributed by atoms with E-state index in [-0.39, 0.29) is 11.4 Å². The van der Waals surface area contributed by atoms with Gasteiger partial charge < -0.3 is 0 Å². The van der Waals surface area contributed by atoms with E-state index >= 15 is 0 Å². The smallest absolute Gasteiger partial charge is 0.262 e. The zero-order valence-electron chi connectivity index (χ0n) is 15.5. The number of halogens is 1. The lowest BCUT2D eigenvalue weighted by atomic mass is 10.2. The van der Waals surface area contributed by atoms with Crippen LogP contribution in [0.15, 0.2) is 53.3 Å². The van der Waals surface area contributed by atoms with Crippen LogP contribution >= 0.6 is 0 Å². The molecular weight excluding hydrogens is 357 g/mol. The van der Waals surface area contributed by atoms with Crippen molar-refractivity contribution in [2.45, 2.75) is 32.0 Å². The van der Waals surface area contributed by atoms with Crippen molar-refractivity contribution >= 4 is 16.7 Å². The van der Waals surface area contributed by atoms with Crippen LogP contribution in [0.1, 0.15) is 24.2 Å². The van der Waals surface area contributed by atoms with Crippen molar-refractivity contribution in [3.05, 3.63) is 76.1 Å². The van der Waals surface area contributed by atoms with E-state index in [4.69, 9.17) is 0 Å². The molecule has 0 spiro atoms. The topological polar surface area (TPSA) is 55.4 Å². The highest BCUT2D eigenvalue weighted by Crippen LogP contribution is 2.30. The van der Waals surface area contributed by atoms with Crippen molar-refractivity contribution < 1.29 is 4.39 Å². The molecule has 0 unspecified atom stereocenters. The molecule has 1 fully saturated rings. The molecule has 2 aromatic carbocycles. The summed E-state index contributed by atoms with van der Waals surface area (Å²) >= 11 is 0. The Hall–Kier alpha value is -3.06. The molecule has 142 valence electrons. The molecule has 2 aromatic heterocycles. The third kappa shape index (κ3) is 2.88. The molecule has 1 saturated carbocycles. The summed E-state index contributed by atoms with van der Waals surface area (Å²) in [5.41, 5.74) is 1.81. The lowest BCUT2D eigenvalue weighted by Crippen LogP contribution is -2.27. The van der Waals surface area contributed by atoms with Crippen molar-refractivity contribution in [3.63, 3.8) is 0 Å². The van der Waals surface area contributed by atoms with Crippen molar-refractivity contribution in [3.8, 4) is 0 Å². The van der Waals surface area contributed by atoms with E-state index in [1.54, 1.807) is 11.6 Å². The Morgan fingerprint density at radius 1 is 1.07 bits per heavy atom. The van der Waals surface area contributed by atoms with Gasteiger partial charge in [-0.3, -0.25) is 18.7 Å². The van der Waals surface area contributed by atoms with Crippen LogP contribution in [0.2, 0.25) is 0 Å². The number of nitrogens with zero attached hydrogens (tertiary/aromatic N) is 5. The average Bonchev–Trinajstić information content (AvgIpc) is 3.48. The van der Waals surface area contributed by atoms with Crippen LogP contribution in [0.4, 0.5) is 4.39 Å². The van der Waals surface area contributed by atoms with E-state index < -0.39 is 0 Å². The Labute approximate surface area is 160 Å². The minimum atomic E-state index is -0.224. The highest BCUT2D eigenvalue weighted by molar-refractivity contribution is 5.80. The summed E-state index contributed by atoms with van der Waals surface area (Å²) in [5.74, 6) is 1.12. The Balaban J connectivity index is 1.57. The Morgan fingerprint density at radius 2 is 1.82 bits per heavy atom. The molecule has 1 aliphatic carbocycles.